The highest BCUT2D eigenvalue weighted by molar-refractivity contribution is 6.33. The van der Waals surface area contributed by atoms with E-state index in [0.29, 0.717) is 12.1 Å². The SMILES string of the molecule is N#Cc1ccc(NC(=O)C[NH+]2CCN(c3ccccc3Cl)CC2)cc1. The average molecular weight is 356 g/mol. The van der Waals surface area contributed by atoms with E-state index in [1.807, 2.05) is 24.3 Å². The van der Waals surface area contributed by atoms with Crippen LogP contribution < -0.4 is 15.1 Å². The smallest absolute Gasteiger partial charge is 0.279 e. The van der Waals surface area contributed by atoms with Crippen LogP contribution in [-0.2, 0) is 4.79 Å². The van der Waals surface area contributed by atoms with E-state index >= 15 is 0 Å². The molecular formula is C19H20ClN4O+. The molecule has 0 bridgehead atoms. The summed E-state index contributed by atoms with van der Waals surface area (Å²) in [5.74, 6) is -0.00842. The minimum Gasteiger partial charge on any atom is -0.359 e. The summed E-state index contributed by atoms with van der Waals surface area (Å²) in [7, 11) is 0. The second-order valence-corrected chi connectivity index (χ2v) is 6.51. The number of carbonyl (C=O) groups excluding carboxylic acids is 1. The number of hydrogen-bond donors (Lipinski definition) is 2. The van der Waals surface area contributed by atoms with Crippen molar-refractivity contribution in [3.8, 4) is 6.07 Å². The number of anilines is 2. The quantitative estimate of drug-likeness (QED) is 0.875. The Balaban J connectivity index is 1.49. The molecule has 128 valence electrons. The molecule has 1 aliphatic rings. The van der Waals surface area contributed by atoms with Crippen molar-refractivity contribution >= 4 is 28.9 Å². The Morgan fingerprint density at radius 2 is 1.84 bits per heavy atom. The minimum atomic E-state index is -0.00842. The monoisotopic (exact) mass is 355 g/mol. The van der Waals surface area contributed by atoms with Gasteiger partial charge in [0.15, 0.2) is 6.54 Å². The van der Waals surface area contributed by atoms with Crippen LogP contribution in [0.3, 0.4) is 0 Å². The van der Waals surface area contributed by atoms with Crippen LogP contribution >= 0.6 is 11.6 Å². The van der Waals surface area contributed by atoms with E-state index in [-0.39, 0.29) is 5.91 Å². The van der Waals surface area contributed by atoms with Gasteiger partial charge in [0.2, 0.25) is 0 Å². The predicted molar refractivity (Wildman–Crippen MR) is 99.0 cm³/mol. The molecule has 25 heavy (non-hydrogen) atoms. The molecule has 0 aliphatic carbocycles. The molecule has 0 aromatic heterocycles. The van der Waals surface area contributed by atoms with E-state index < -0.39 is 0 Å². The van der Waals surface area contributed by atoms with Crippen molar-refractivity contribution in [1.82, 2.24) is 0 Å². The number of amides is 1. The maximum Gasteiger partial charge on any atom is 0.279 e. The van der Waals surface area contributed by atoms with Gasteiger partial charge in [0, 0.05) is 5.69 Å². The van der Waals surface area contributed by atoms with Crippen LogP contribution in [0.2, 0.25) is 5.02 Å². The van der Waals surface area contributed by atoms with Crippen molar-refractivity contribution in [2.24, 2.45) is 0 Å². The Bertz CT molecular complexity index is 777. The summed E-state index contributed by atoms with van der Waals surface area (Å²) in [5.41, 5.74) is 2.36. The fraction of sp³-hybridized carbons (Fsp3) is 0.263. The summed E-state index contributed by atoms with van der Waals surface area (Å²) in [6.07, 6.45) is 0. The average Bonchev–Trinajstić information content (AvgIpc) is 2.63. The fourth-order valence-electron chi connectivity index (χ4n) is 3.01. The number of nitrogens with zero attached hydrogens (tertiary/aromatic N) is 2. The molecule has 5 nitrogen and oxygen atoms in total. The third-order valence-electron chi connectivity index (χ3n) is 4.37. The first-order chi connectivity index (χ1) is 12.2. The summed E-state index contributed by atoms with van der Waals surface area (Å²) >= 11 is 6.26. The standard InChI is InChI=1S/C19H19ClN4O/c20-17-3-1-2-4-18(17)24-11-9-23(10-12-24)14-19(25)22-16-7-5-15(13-21)6-8-16/h1-8H,9-12,14H2,(H,22,25)/p+1. The number of quaternary nitrogens is 1. The summed E-state index contributed by atoms with van der Waals surface area (Å²) in [4.78, 5) is 15.7. The molecule has 0 atom stereocenters. The van der Waals surface area contributed by atoms with Crippen LogP contribution in [0.25, 0.3) is 0 Å². The van der Waals surface area contributed by atoms with Gasteiger partial charge in [-0.1, -0.05) is 23.7 Å². The van der Waals surface area contributed by atoms with E-state index in [2.05, 4.69) is 16.3 Å². The van der Waals surface area contributed by atoms with Crippen LogP contribution in [0, 0.1) is 11.3 Å². The second kappa shape index (κ2) is 8.02. The maximum atomic E-state index is 12.2. The van der Waals surface area contributed by atoms with Gasteiger partial charge in [0.25, 0.3) is 5.91 Å². The Kier molecular flexibility index (Phi) is 5.54. The minimum absolute atomic E-state index is 0.00842. The highest BCUT2D eigenvalue weighted by Gasteiger charge is 2.23. The number of hydrogen-bond acceptors (Lipinski definition) is 3. The van der Waals surface area contributed by atoms with Crippen molar-refractivity contribution in [1.29, 1.82) is 5.26 Å². The maximum absolute atomic E-state index is 12.2. The van der Waals surface area contributed by atoms with Gasteiger partial charge in [0.05, 0.1) is 48.5 Å². The van der Waals surface area contributed by atoms with Gasteiger partial charge in [-0.2, -0.15) is 5.26 Å². The number of benzene rings is 2. The number of para-hydroxylation sites is 1. The molecule has 2 aromatic carbocycles. The van der Waals surface area contributed by atoms with Crippen molar-refractivity contribution in [2.75, 3.05) is 42.9 Å². The number of nitriles is 1. The van der Waals surface area contributed by atoms with Gasteiger partial charge in [0.1, 0.15) is 0 Å². The molecule has 1 aliphatic heterocycles. The highest BCUT2D eigenvalue weighted by Crippen LogP contribution is 2.24. The van der Waals surface area contributed by atoms with Crippen molar-refractivity contribution in [3.05, 3.63) is 59.1 Å². The Morgan fingerprint density at radius 3 is 2.48 bits per heavy atom. The molecular weight excluding hydrogens is 336 g/mol. The molecule has 3 rings (SSSR count). The third kappa shape index (κ3) is 4.50. The van der Waals surface area contributed by atoms with E-state index in [9.17, 15) is 4.79 Å². The van der Waals surface area contributed by atoms with Gasteiger partial charge in [-0.25, -0.2) is 0 Å². The lowest BCUT2D eigenvalue weighted by atomic mass is 10.2. The molecule has 1 fully saturated rings. The normalized spacial score (nSPS) is 14.8. The molecule has 0 radical (unpaired) electrons. The zero-order valence-corrected chi connectivity index (χ0v) is 14.6. The van der Waals surface area contributed by atoms with Crippen molar-refractivity contribution in [2.45, 2.75) is 0 Å². The Hall–Kier alpha value is -2.55. The van der Waals surface area contributed by atoms with Crippen LogP contribution in [0.1, 0.15) is 5.56 Å². The van der Waals surface area contributed by atoms with Crippen LogP contribution in [-0.4, -0.2) is 38.6 Å². The lowest BCUT2D eigenvalue weighted by molar-refractivity contribution is -0.892. The van der Waals surface area contributed by atoms with Crippen LogP contribution in [0.5, 0.6) is 0 Å². The largest absolute Gasteiger partial charge is 0.359 e. The van der Waals surface area contributed by atoms with Gasteiger partial charge < -0.3 is 15.1 Å². The zero-order chi connectivity index (χ0) is 17.6. The molecule has 1 saturated heterocycles. The van der Waals surface area contributed by atoms with Crippen LogP contribution in [0.4, 0.5) is 11.4 Å². The topological polar surface area (TPSA) is 60.6 Å². The number of rotatable bonds is 4. The molecule has 0 spiro atoms. The van der Waals surface area contributed by atoms with E-state index in [1.54, 1.807) is 24.3 Å². The van der Waals surface area contributed by atoms with E-state index in [4.69, 9.17) is 16.9 Å². The van der Waals surface area contributed by atoms with Gasteiger partial charge in [-0.15, -0.1) is 0 Å². The van der Waals surface area contributed by atoms with Gasteiger partial charge >= 0.3 is 0 Å². The van der Waals surface area contributed by atoms with Gasteiger partial charge in [-0.05, 0) is 36.4 Å². The van der Waals surface area contributed by atoms with E-state index in [1.165, 1.54) is 4.90 Å². The molecule has 1 amide bonds. The summed E-state index contributed by atoms with van der Waals surface area (Å²) in [6.45, 7) is 3.99. The summed E-state index contributed by atoms with van der Waals surface area (Å²) in [6, 6.07) is 16.8. The number of piperazine rings is 1. The molecule has 2 N–H and O–H groups in total. The lowest BCUT2D eigenvalue weighted by Gasteiger charge is -2.33. The second-order valence-electron chi connectivity index (χ2n) is 6.10. The summed E-state index contributed by atoms with van der Waals surface area (Å²) in [5, 5.41) is 12.5. The predicted octanol–water partition coefficient (Wildman–Crippen LogP) is 1.56. The summed E-state index contributed by atoms with van der Waals surface area (Å²) < 4.78 is 0. The van der Waals surface area contributed by atoms with Crippen molar-refractivity contribution in [3.63, 3.8) is 0 Å². The van der Waals surface area contributed by atoms with Crippen molar-refractivity contribution < 1.29 is 9.69 Å². The molecule has 6 heteroatoms. The van der Waals surface area contributed by atoms with Crippen LogP contribution in [0.15, 0.2) is 48.5 Å². The number of nitrogens with one attached hydrogen (secondary N) is 2. The van der Waals surface area contributed by atoms with Gasteiger partial charge in [-0.3, -0.25) is 4.79 Å². The lowest BCUT2D eigenvalue weighted by Crippen LogP contribution is -3.15. The Morgan fingerprint density at radius 1 is 1.16 bits per heavy atom. The molecule has 0 unspecified atom stereocenters. The fourth-order valence-corrected chi connectivity index (χ4v) is 3.26. The zero-order valence-electron chi connectivity index (χ0n) is 13.8. The number of halogens is 1. The molecule has 2 aromatic rings. The third-order valence-corrected chi connectivity index (χ3v) is 4.69. The first-order valence-electron chi connectivity index (χ1n) is 8.29. The molecule has 0 saturated carbocycles. The first-order valence-corrected chi connectivity index (χ1v) is 8.66. The highest BCUT2D eigenvalue weighted by atomic mass is 35.5. The molecule has 1 heterocycles. The first kappa shape index (κ1) is 17.3. The van der Waals surface area contributed by atoms with E-state index in [0.717, 1.165) is 42.6 Å². The number of carbonyl (C=O) groups is 1. The Labute approximate surface area is 152 Å².